The average Bonchev–Trinajstić information content (AvgIpc) is 3.07. The normalized spacial score (nSPS) is 24.5. The minimum Gasteiger partial charge on any atom is -0.461 e. The van der Waals surface area contributed by atoms with Crippen molar-refractivity contribution in [1.82, 2.24) is 4.90 Å². The van der Waals surface area contributed by atoms with Crippen molar-refractivity contribution in [3.63, 3.8) is 0 Å². The van der Waals surface area contributed by atoms with Crippen molar-refractivity contribution in [1.29, 1.82) is 0 Å². The lowest BCUT2D eigenvalue weighted by Crippen LogP contribution is -2.49. The summed E-state index contributed by atoms with van der Waals surface area (Å²) in [6.07, 6.45) is 5.83. The highest BCUT2D eigenvalue weighted by atomic mass is 32.2. The predicted octanol–water partition coefficient (Wildman–Crippen LogP) is 4.10. The van der Waals surface area contributed by atoms with E-state index in [1.165, 1.54) is 19.3 Å². The molecule has 0 spiro atoms. The van der Waals surface area contributed by atoms with E-state index < -0.39 is 6.04 Å². The molecule has 2 atom stereocenters. The minimum atomic E-state index is -0.480. The molecule has 2 aliphatic rings. The standard InChI is InChI=1S/C20H27NO3S/c1-14(2)24-20(23)17-13-25-19(16-11-7-4-8-12-16)21(17)18(22)15-9-5-3-6-10-15/h3,5-6,9-10,14,16-17,19H,4,7-8,11-13H2,1-2H3. The van der Waals surface area contributed by atoms with Gasteiger partial charge in [0.25, 0.3) is 5.91 Å². The third kappa shape index (κ3) is 4.20. The smallest absolute Gasteiger partial charge is 0.330 e. The Morgan fingerprint density at radius 3 is 2.44 bits per heavy atom. The number of thioether (sulfide) groups is 1. The summed E-state index contributed by atoms with van der Waals surface area (Å²) in [5, 5.41) is 0.0812. The zero-order valence-corrected chi connectivity index (χ0v) is 15.8. The molecular formula is C20H27NO3S. The van der Waals surface area contributed by atoms with Crippen LogP contribution < -0.4 is 0 Å². The lowest BCUT2D eigenvalue weighted by Gasteiger charge is -2.35. The molecule has 3 rings (SSSR count). The Morgan fingerprint density at radius 2 is 1.80 bits per heavy atom. The maximum absolute atomic E-state index is 13.2. The fourth-order valence-corrected chi connectivity index (χ4v) is 5.41. The lowest BCUT2D eigenvalue weighted by atomic mass is 9.88. The number of ether oxygens (including phenoxy) is 1. The van der Waals surface area contributed by atoms with E-state index in [1.807, 2.05) is 49.1 Å². The van der Waals surface area contributed by atoms with Crippen molar-refractivity contribution in [2.75, 3.05) is 5.75 Å². The number of hydrogen-bond donors (Lipinski definition) is 0. The first-order valence-corrected chi connectivity index (χ1v) is 10.3. The molecule has 1 aliphatic carbocycles. The number of benzene rings is 1. The molecule has 0 radical (unpaired) electrons. The zero-order valence-electron chi connectivity index (χ0n) is 15.0. The maximum atomic E-state index is 13.2. The molecule has 2 unspecified atom stereocenters. The number of carbonyl (C=O) groups excluding carboxylic acids is 2. The molecule has 0 aromatic heterocycles. The molecule has 1 saturated heterocycles. The van der Waals surface area contributed by atoms with Crippen LogP contribution in [0.2, 0.25) is 0 Å². The molecule has 4 nitrogen and oxygen atoms in total. The van der Waals surface area contributed by atoms with Gasteiger partial charge in [0.15, 0.2) is 0 Å². The third-order valence-electron chi connectivity index (χ3n) is 4.97. The Kier molecular flexibility index (Phi) is 6.05. The van der Waals surface area contributed by atoms with Crippen LogP contribution in [0.25, 0.3) is 0 Å². The van der Waals surface area contributed by atoms with E-state index in [0.717, 1.165) is 12.8 Å². The molecule has 1 aromatic rings. The van der Waals surface area contributed by atoms with Gasteiger partial charge in [-0.3, -0.25) is 4.79 Å². The van der Waals surface area contributed by atoms with E-state index in [4.69, 9.17) is 4.74 Å². The van der Waals surface area contributed by atoms with E-state index in [-0.39, 0.29) is 23.4 Å². The minimum absolute atomic E-state index is 0.0492. The highest BCUT2D eigenvalue weighted by Gasteiger charge is 2.46. The van der Waals surface area contributed by atoms with E-state index >= 15 is 0 Å². The summed E-state index contributed by atoms with van der Waals surface area (Å²) in [4.78, 5) is 27.6. The van der Waals surface area contributed by atoms with Gasteiger partial charge in [-0.05, 0) is 44.7 Å². The van der Waals surface area contributed by atoms with Gasteiger partial charge in [0.1, 0.15) is 6.04 Å². The number of amides is 1. The lowest BCUT2D eigenvalue weighted by molar-refractivity contribution is -0.152. The Hall–Kier alpha value is -1.49. The van der Waals surface area contributed by atoms with Crippen LogP contribution in [-0.4, -0.2) is 40.0 Å². The number of rotatable bonds is 4. The summed E-state index contributed by atoms with van der Waals surface area (Å²) < 4.78 is 5.44. The quantitative estimate of drug-likeness (QED) is 0.758. The van der Waals surface area contributed by atoms with Crippen molar-refractivity contribution in [3.05, 3.63) is 35.9 Å². The molecule has 136 valence electrons. The average molecular weight is 362 g/mol. The Bertz CT molecular complexity index is 598. The third-order valence-corrected chi connectivity index (χ3v) is 6.43. The van der Waals surface area contributed by atoms with Crippen molar-refractivity contribution >= 4 is 23.6 Å². The van der Waals surface area contributed by atoms with Gasteiger partial charge in [-0.2, -0.15) is 0 Å². The van der Waals surface area contributed by atoms with Crippen LogP contribution in [-0.2, 0) is 9.53 Å². The summed E-state index contributed by atoms with van der Waals surface area (Å²) in [6.45, 7) is 3.70. The van der Waals surface area contributed by atoms with E-state index in [2.05, 4.69) is 0 Å². The largest absolute Gasteiger partial charge is 0.461 e. The first kappa shape index (κ1) is 18.3. The van der Waals surface area contributed by atoms with E-state index in [1.54, 1.807) is 11.8 Å². The van der Waals surface area contributed by atoms with Crippen LogP contribution in [0.3, 0.4) is 0 Å². The summed E-state index contributed by atoms with van der Waals surface area (Å²) >= 11 is 1.75. The fraction of sp³-hybridized carbons (Fsp3) is 0.600. The van der Waals surface area contributed by atoms with Crippen molar-refractivity contribution in [2.24, 2.45) is 5.92 Å². The van der Waals surface area contributed by atoms with Gasteiger partial charge < -0.3 is 9.64 Å². The van der Waals surface area contributed by atoms with Gasteiger partial charge in [0, 0.05) is 11.3 Å². The van der Waals surface area contributed by atoms with Gasteiger partial charge in [0.2, 0.25) is 0 Å². The van der Waals surface area contributed by atoms with Crippen molar-refractivity contribution < 1.29 is 14.3 Å². The van der Waals surface area contributed by atoms with E-state index in [9.17, 15) is 9.59 Å². The van der Waals surface area contributed by atoms with E-state index in [0.29, 0.717) is 17.2 Å². The second-order valence-corrected chi connectivity index (χ2v) is 8.35. The SMILES string of the molecule is CC(C)OC(=O)C1CSC(C2CCCCC2)N1C(=O)c1ccccc1. The second-order valence-electron chi connectivity index (χ2n) is 7.20. The van der Waals surface area contributed by atoms with Crippen LogP contribution in [0.4, 0.5) is 0 Å². The number of esters is 1. The highest BCUT2D eigenvalue weighted by molar-refractivity contribution is 8.00. The van der Waals surface area contributed by atoms with Gasteiger partial charge in [0.05, 0.1) is 11.5 Å². The number of nitrogens with zero attached hydrogens (tertiary/aromatic N) is 1. The maximum Gasteiger partial charge on any atom is 0.330 e. The van der Waals surface area contributed by atoms with Crippen LogP contribution >= 0.6 is 11.8 Å². The first-order valence-electron chi connectivity index (χ1n) is 9.27. The monoisotopic (exact) mass is 361 g/mol. The van der Waals surface area contributed by atoms with Crippen LogP contribution in [0, 0.1) is 5.92 Å². The molecule has 1 amide bonds. The Labute approximate surface area is 154 Å². The fourth-order valence-electron chi connectivity index (χ4n) is 3.79. The molecule has 0 bridgehead atoms. The molecule has 2 fully saturated rings. The predicted molar refractivity (Wildman–Crippen MR) is 100 cm³/mol. The van der Waals surface area contributed by atoms with Gasteiger partial charge >= 0.3 is 5.97 Å². The highest BCUT2D eigenvalue weighted by Crippen LogP contribution is 2.41. The molecule has 1 aliphatic heterocycles. The molecule has 5 heteroatoms. The summed E-state index contributed by atoms with van der Waals surface area (Å²) in [7, 11) is 0. The number of carbonyl (C=O) groups is 2. The molecule has 1 aromatic carbocycles. The van der Waals surface area contributed by atoms with Gasteiger partial charge in [-0.1, -0.05) is 37.5 Å². The van der Waals surface area contributed by atoms with Crippen LogP contribution in [0.15, 0.2) is 30.3 Å². The van der Waals surface area contributed by atoms with Crippen molar-refractivity contribution in [3.8, 4) is 0 Å². The number of hydrogen-bond acceptors (Lipinski definition) is 4. The molecule has 1 saturated carbocycles. The summed E-state index contributed by atoms with van der Waals surface area (Å²) in [5.74, 6) is 0.783. The summed E-state index contributed by atoms with van der Waals surface area (Å²) in [5.41, 5.74) is 0.646. The van der Waals surface area contributed by atoms with Gasteiger partial charge in [-0.25, -0.2) is 4.79 Å². The zero-order chi connectivity index (χ0) is 17.8. The molecule has 1 heterocycles. The van der Waals surface area contributed by atoms with Gasteiger partial charge in [-0.15, -0.1) is 11.8 Å². The van der Waals surface area contributed by atoms with Crippen molar-refractivity contribution in [2.45, 2.75) is 63.5 Å². The molecule has 0 N–H and O–H groups in total. The Morgan fingerprint density at radius 1 is 1.12 bits per heavy atom. The van der Waals surface area contributed by atoms with Crippen LogP contribution in [0.1, 0.15) is 56.3 Å². The summed E-state index contributed by atoms with van der Waals surface area (Å²) in [6, 6.07) is 8.81. The topological polar surface area (TPSA) is 46.6 Å². The second kappa shape index (κ2) is 8.26. The molecular weight excluding hydrogens is 334 g/mol. The molecule has 25 heavy (non-hydrogen) atoms. The first-order chi connectivity index (χ1) is 12.1. The Balaban J connectivity index is 1.85. The van der Waals surface area contributed by atoms with Crippen LogP contribution in [0.5, 0.6) is 0 Å².